The fraction of sp³-hybridized carbons (Fsp3) is 0.500. The first-order valence-corrected chi connectivity index (χ1v) is 6.38. The van der Waals surface area contributed by atoms with Crippen LogP contribution in [0, 0.1) is 5.92 Å². The second-order valence-electron chi connectivity index (χ2n) is 4.45. The Balaban J connectivity index is 1.69. The van der Waals surface area contributed by atoms with Crippen LogP contribution in [0.2, 0.25) is 0 Å². The molecular weight excluding hydrogens is 248 g/mol. The molecule has 1 N–H and O–H groups in total. The van der Waals surface area contributed by atoms with E-state index in [9.17, 15) is 4.79 Å². The van der Waals surface area contributed by atoms with Crippen LogP contribution in [0.5, 0.6) is 5.75 Å². The zero-order valence-electron chi connectivity index (χ0n) is 10.7. The molecule has 1 aromatic rings. The van der Waals surface area contributed by atoms with Gasteiger partial charge in [0.2, 0.25) is 0 Å². The average Bonchev–Trinajstić information content (AvgIpc) is 2.92. The number of rotatable bonds is 7. The van der Waals surface area contributed by atoms with Crippen molar-refractivity contribution in [3.05, 3.63) is 29.8 Å². The van der Waals surface area contributed by atoms with Crippen molar-refractivity contribution in [2.45, 2.75) is 6.42 Å². The van der Waals surface area contributed by atoms with Crippen molar-refractivity contribution < 1.29 is 24.1 Å². The Morgan fingerprint density at radius 1 is 1.37 bits per heavy atom. The molecule has 1 atom stereocenters. The van der Waals surface area contributed by atoms with Crippen LogP contribution < -0.4 is 4.74 Å². The normalized spacial score (nSPS) is 18.4. The van der Waals surface area contributed by atoms with Crippen molar-refractivity contribution in [2.75, 3.05) is 33.0 Å². The second kappa shape index (κ2) is 7.11. The highest BCUT2D eigenvalue weighted by atomic mass is 16.5. The third kappa shape index (κ3) is 4.22. The zero-order valence-corrected chi connectivity index (χ0v) is 10.7. The number of carboxylic acid groups (broad SMARTS) is 1. The number of para-hydroxylation sites is 1. The van der Waals surface area contributed by atoms with Crippen LogP contribution in [0.15, 0.2) is 24.3 Å². The molecule has 0 bridgehead atoms. The quantitative estimate of drug-likeness (QED) is 0.762. The van der Waals surface area contributed by atoms with Gasteiger partial charge < -0.3 is 19.3 Å². The van der Waals surface area contributed by atoms with Gasteiger partial charge in [-0.15, -0.1) is 0 Å². The summed E-state index contributed by atoms with van der Waals surface area (Å²) >= 11 is 0. The van der Waals surface area contributed by atoms with E-state index in [1.807, 2.05) is 0 Å². The minimum Gasteiger partial charge on any atom is -0.490 e. The summed E-state index contributed by atoms with van der Waals surface area (Å²) in [5.41, 5.74) is 0.173. The predicted octanol–water partition coefficient (Wildman–Crippen LogP) is 1.82. The molecule has 104 valence electrons. The Morgan fingerprint density at radius 3 is 2.95 bits per heavy atom. The van der Waals surface area contributed by atoms with E-state index < -0.39 is 5.97 Å². The van der Waals surface area contributed by atoms with E-state index in [1.54, 1.807) is 18.2 Å². The maximum Gasteiger partial charge on any atom is 0.339 e. The van der Waals surface area contributed by atoms with Crippen LogP contribution in [-0.2, 0) is 9.47 Å². The Morgan fingerprint density at radius 2 is 2.21 bits per heavy atom. The van der Waals surface area contributed by atoms with Crippen LogP contribution in [0.3, 0.4) is 0 Å². The summed E-state index contributed by atoms with van der Waals surface area (Å²) in [4.78, 5) is 11.0. The summed E-state index contributed by atoms with van der Waals surface area (Å²) in [5.74, 6) is -0.131. The zero-order chi connectivity index (χ0) is 13.5. The lowest BCUT2D eigenvalue weighted by molar-refractivity contribution is 0.0644. The van der Waals surface area contributed by atoms with Crippen molar-refractivity contribution in [2.24, 2.45) is 5.92 Å². The molecule has 0 aromatic heterocycles. The first kappa shape index (κ1) is 13.8. The van der Waals surface area contributed by atoms with Crippen LogP contribution in [0.1, 0.15) is 16.8 Å². The molecule has 0 saturated carbocycles. The molecule has 0 aliphatic carbocycles. The topological polar surface area (TPSA) is 65.0 Å². The Hall–Kier alpha value is -1.59. The van der Waals surface area contributed by atoms with Gasteiger partial charge in [0.15, 0.2) is 0 Å². The van der Waals surface area contributed by atoms with Gasteiger partial charge >= 0.3 is 5.97 Å². The molecule has 5 nitrogen and oxygen atoms in total. The fourth-order valence-corrected chi connectivity index (χ4v) is 1.94. The minimum absolute atomic E-state index is 0.173. The summed E-state index contributed by atoms with van der Waals surface area (Å²) in [6.45, 7) is 3.05. The number of benzene rings is 1. The highest BCUT2D eigenvalue weighted by molar-refractivity contribution is 5.90. The Labute approximate surface area is 112 Å². The van der Waals surface area contributed by atoms with Gasteiger partial charge in [0, 0.05) is 12.5 Å². The van der Waals surface area contributed by atoms with Gasteiger partial charge in [0.25, 0.3) is 0 Å². The van der Waals surface area contributed by atoms with Crippen molar-refractivity contribution in [3.63, 3.8) is 0 Å². The summed E-state index contributed by atoms with van der Waals surface area (Å²) in [6, 6.07) is 6.59. The van der Waals surface area contributed by atoms with E-state index in [2.05, 4.69) is 0 Å². The van der Waals surface area contributed by atoms with Gasteiger partial charge in [-0.2, -0.15) is 0 Å². The molecule has 0 spiro atoms. The van der Waals surface area contributed by atoms with E-state index in [1.165, 1.54) is 6.07 Å². The minimum atomic E-state index is -0.986. The van der Waals surface area contributed by atoms with Crippen molar-refractivity contribution >= 4 is 5.97 Å². The number of carbonyl (C=O) groups is 1. The Kier molecular flexibility index (Phi) is 5.18. The predicted molar refractivity (Wildman–Crippen MR) is 68.6 cm³/mol. The SMILES string of the molecule is O=C(O)c1ccccc1OCCOCC1CCOC1. The molecule has 2 rings (SSSR count). The molecule has 1 saturated heterocycles. The Bertz CT molecular complexity index is 412. The monoisotopic (exact) mass is 266 g/mol. The van der Waals surface area contributed by atoms with Crippen LogP contribution in [0.25, 0.3) is 0 Å². The molecule has 1 fully saturated rings. The third-order valence-electron chi connectivity index (χ3n) is 2.98. The lowest BCUT2D eigenvalue weighted by Crippen LogP contribution is -2.14. The summed E-state index contributed by atoms with van der Waals surface area (Å²) in [6.07, 6.45) is 1.04. The molecule has 0 amide bonds. The maximum absolute atomic E-state index is 11.0. The molecule has 1 aromatic carbocycles. The van der Waals surface area contributed by atoms with Crippen LogP contribution in [0.4, 0.5) is 0 Å². The molecule has 0 radical (unpaired) electrons. The van der Waals surface area contributed by atoms with Crippen LogP contribution in [-0.4, -0.2) is 44.1 Å². The first-order valence-electron chi connectivity index (χ1n) is 6.38. The molecule has 19 heavy (non-hydrogen) atoms. The number of carboxylic acids is 1. The van der Waals surface area contributed by atoms with E-state index in [0.29, 0.717) is 31.5 Å². The van der Waals surface area contributed by atoms with E-state index in [4.69, 9.17) is 19.3 Å². The summed E-state index contributed by atoms with van der Waals surface area (Å²) < 4.78 is 16.2. The lowest BCUT2D eigenvalue weighted by Gasteiger charge is -2.11. The smallest absolute Gasteiger partial charge is 0.339 e. The fourth-order valence-electron chi connectivity index (χ4n) is 1.94. The number of hydrogen-bond acceptors (Lipinski definition) is 4. The standard InChI is InChI=1S/C14H18O5/c15-14(16)12-3-1-2-4-13(12)19-8-7-18-10-11-5-6-17-9-11/h1-4,11H,5-10H2,(H,15,16). The molecule has 1 heterocycles. The molecule has 1 aliphatic rings. The van der Waals surface area contributed by atoms with Crippen LogP contribution >= 0.6 is 0 Å². The van der Waals surface area contributed by atoms with Gasteiger partial charge in [-0.05, 0) is 18.6 Å². The number of aromatic carboxylic acids is 1. The average molecular weight is 266 g/mol. The van der Waals surface area contributed by atoms with E-state index in [0.717, 1.165) is 19.6 Å². The maximum atomic E-state index is 11.0. The van der Waals surface area contributed by atoms with Gasteiger partial charge in [0.1, 0.15) is 17.9 Å². The molecule has 1 unspecified atom stereocenters. The second-order valence-corrected chi connectivity index (χ2v) is 4.45. The highest BCUT2D eigenvalue weighted by Crippen LogP contribution is 2.17. The van der Waals surface area contributed by atoms with Gasteiger partial charge in [-0.3, -0.25) is 0 Å². The highest BCUT2D eigenvalue weighted by Gasteiger charge is 2.15. The van der Waals surface area contributed by atoms with Crippen molar-refractivity contribution in [1.82, 2.24) is 0 Å². The summed E-state index contributed by atoms with van der Waals surface area (Å²) in [7, 11) is 0. The van der Waals surface area contributed by atoms with Crippen molar-refractivity contribution in [3.8, 4) is 5.75 Å². The largest absolute Gasteiger partial charge is 0.490 e. The third-order valence-corrected chi connectivity index (χ3v) is 2.98. The number of ether oxygens (including phenoxy) is 3. The molecule has 1 aliphatic heterocycles. The van der Waals surface area contributed by atoms with Crippen molar-refractivity contribution in [1.29, 1.82) is 0 Å². The molecular formula is C14H18O5. The molecule has 5 heteroatoms. The van der Waals surface area contributed by atoms with E-state index >= 15 is 0 Å². The van der Waals surface area contributed by atoms with E-state index in [-0.39, 0.29) is 5.56 Å². The van der Waals surface area contributed by atoms with Gasteiger partial charge in [-0.25, -0.2) is 4.79 Å². The lowest BCUT2D eigenvalue weighted by atomic mass is 10.1. The summed E-state index contributed by atoms with van der Waals surface area (Å²) in [5, 5.41) is 8.99. The number of hydrogen-bond donors (Lipinski definition) is 1. The van der Waals surface area contributed by atoms with Gasteiger partial charge in [0.05, 0.1) is 19.8 Å². The first-order chi connectivity index (χ1) is 9.27. The van der Waals surface area contributed by atoms with Gasteiger partial charge in [-0.1, -0.05) is 12.1 Å².